The van der Waals surface area contributed by atoms with Gasteiger partial charge in [0.2, 0.25) is 5.91 Å². The zero-order valence-electron chi connectivity index (χ0n) is 10.7. The standard InChI is InChI=1S/C11H21N3O4/c1-7(3-4-10(16)17)6-13-11(18)14-8(2)5-9(12)15/h7-8H,3-6H2,1-2H3,(H2,12,15)(H,16,17)(H2,13,14,18). The normalized spacial score (nSPS) is 13.4. The van der Waals surface area contributed by atoms with Gasteiger partial charge in [0, 0.05) is 25.4 Å². The first-order chi connectivity index (χ1) is 8.31. The largest absolute Gasteiger partial charge is 0.481 e. The molecule has 0 saturated carbocycles. The number of urea groups is 1. The van der Waals surface area contributed by atoms with Gasteiger partial charge < -0.3 is 21.5 Å². The van der Waals surface area contributed by atoms with Gasteiger partial charge in [-0.3, -0.25) is 9.59 Å². The molecule has 3 amide bonds. The van der Waals surface area contributed by atoms with Crippen LogP contribution in [0.15, 0.2) is 0 Å². The Balaban J connectivity index is 3.75. The highest BCUT2D eigenvalue weighted by molar-refractivity contribution is 5.77. The number of carbonyl (C=O) groups is 3. The maximum Gasteiger partial charge on any atom is 0.315 e. The average Bonchev–Trinajstić information content (AvgIpc) is 2.22. The SMILES string of the molecule is CC(CCC(=O)O)CNC(=O)NC(C)CC(N)=O. The summed E-state index contributed by atoms with van der Waals surface area (Å²) < 4.78 is 0. The molecule has 0 rings (SSSR count). The molecule has 5 N–H and O–H groups in total. The summed E-state index contributed by atoms with van der Waals surface area (Å²) in [4.78, 5) is 32.3. The second kappa shape index (κ2) is 8.32. The van der Waals surface area contributed by atoms with Crippen LogP contribution in [0.25, 0.3) is 0 Å². The molecule has 7 heteroatoms. The summed E-state index contributed by atoms with van der Waals surface area (Å²) in [5, 5.41) is 13.7. The van der Waals surface area contributed by atoms with Gasteiger partial charge in [0.15, 0.2) is 0 Å². The van der Waals surface area contributed by atoms with E-state index in [1.165, 1.54) is 0 Å². The molecule has 0 aromatic carbocycles. The van der Waals surface area contributed by atoms with Crippen molar-refractivity contribution in [3.8, 4) is 0 Å². The summed E-state index contributed by atoms with van der Waals surface area (Å²) in [7, 11) is 0. The number of nitrogens with two attached hydrogens (primary N) is 1. The molecule has 0 fully saturated rings. The first kappa shape index (κ1) is 16.2. The number of nitrogens with one attached hydrogen (secondary N) is 2. The fraction of sp³-hybridized carbons (Fsp3) is 0.727. The van der Waals surface area contributed by atoms with Crippen molar-refractivity contribution in [1.82, 2.24) is 10.6 Å². The lowest BCUT2D eigenvalue weighted by molar-refractivity contribution is -0.137. The highest BCUT2D eigenvalue weighted by atomic mass is 16.4. The van der Waals surface area contributed by atoms with Crippen LogP contribution in [0.2, 0.25) is 0 Å². The van der Waals surface area contributed by atoms with Crippen molar-refractivity contribution in [2.75, 3.05) is 6.54 Å². The molecule has 0 aliphatic carbocycles. The number of hydrogen-bond acceptors (Lipinski definition) is 3. The smallest absolute Gasteiger partial charge is 0.315 e. The summed E-state index contributed by atoms with van der Waals surface area (Å²) in [5.74, 6) is -1.24. The molecule has 18 heavy (non-hydrogen) atoms. The molecule has 0 aliphatic heterocycles. The maximum atomic E-state index is 11.4. The van der Waals surface area contributed by atoms with Crippen molar-refractivity contribution in [3.63, 3.8) is 0 Å². The number of carbonyl (C=O) groups excluding carboxylic acids is 2. The zero-order chi connectivity index (χ0) is 14.1. The van der Waals surface area contributed by atoms with Crippen molar-refractivity contribution in [2.45, 2.75) is 39.2 Å². The lowest BCUT2D eigenvalue weighted by atomic mass is 10.1. The Kier molecular flexibility index (Phi) is 7.50. The summed E-state index contributed by atoms with van der Waals surface area (Å²) in [6.45, 7) is 3.93. The minimum atomic E-state index is -0.846. The van der Waals surface area contributed by atoms with Crippen LogP contribution in [0.3, 0.4) is 0 Å². The van der Waals surface area contributed by atoms with Crippen LogP contribution in [0.5, 0.6) is 0 Å². The molecule has 0 bridgehead atoms. The molecular weight excluding hydrogens is 238 g/mol. The van der Waals surface area contributed by atoms with Crippen LogP contribution < -0.4 is 16.4 Å². The summed E-state index contributed by atoms with van der Waals surface area (Å²) >= 11 is 0. The van der Waals surface area contributed by atoms with Crippen LogP contribution in [-0.2, 0) is 9.59 Å². The topological polar surface area (TPSA) is 122 Å². The van der Waals surface area contributed by atoms with Gasteiger partial charge in [-0.1, -0.05) is 6.92 Å². The molecule has 104 valence electrons. The third kappa shape index (κ3) is 9.44. The zero-order valence-corrected chi connectivity index (χ0v) is 10.7. The Morgan fingerprint density at radius 1 is 1.28 bits per heavy atom. The molecule has 7 nitrogen and oxygen atoms in total. The van der Waals surface area contributed by atoms with E-state index in [1.807, 2.05) is 6.92 Å². The number of aliphatic carboxylic acids is 1. The van der Waals surface area contributed by atoms with Crippen molar-refractivity contribution in [3.05, 3.63) is 0 Å². The van der Waals surface area contributed by atoms with Crippen LogP contribution in [-0.4, -0.2) is 35.6 Å². The van der Waals surface area contributed by atoms with E-state index >= 15 is 0 Å². The first-order valence-electron chi connectivity index (χ1n) is 5.85. The fourth-order valence-corrected chi connectivity index (χ4v) is 1.37. The maximum absolute atomic E-state index is 11.4. The van der Waals surface area contributed by atoms with Gasteiger partial charge in [-0.15, -0.1) is 0 Å². The monoisotopic (exact) mass is 259 g/mol. The van der Waals surface area contributed by atoms with Gasteiger partial charge in [0.05, 0.1) is 0 Å². The summed E-state index contributed by atoms with van der Waals surface area (Å²) in [6.07, 6.45) is 0.678. The first-order valence-corrected chi connectivity index (χ1v) is 5.85. The van der Waals surface area contributed by atoms with Crippen molar-refractivity contribution in [2.24, 2.45) is 11.7 Å². The van der Waals surface area contributed by atoms with E-state index < -0.39 is 11.9 Å². The molecule has 0 aromatic rings. The van der Waals surface area contributed by atoms with Gasteiger partial charge in [0.1, 0.15) is 0 Å². The number of primary amides is 1. The number of rotatable bonds is 8. The lowest BCUT2D eigenvalue weighted by Crippen LogP contribution is -2.43. The van der Waals surface area contributed by atoms with E-state index in [0.29, 0.717) is 13.0 Å². The van der Waals surface area contributed by atoms with Crippen molar-refractivity contribution >= 4 is 17.9 Å². The van der Waals surface area contributed by atoms with Gasteiger partial charge in [-0.05, 0) is 19.3 Å². The fourth-order valence-electron chi connectivity index (χ4n) is 1.37. The van der Waals surface area contributed by atoms with Crippen molar-refractivity contribution < 1.29 is 19.5 Å². The molecule has 0 aromatic heterocycles. The van der Waals surface area contributed by atoms with Crippen LogP contribution in [0.4, 0.5) is 4.79 Å². The third-order valence-electron chi connectivity index (χ3n) is 2.35. The predicted molar refractivity (Wildman–Crippen MR) is 65.8 cm³/mol. The number of amides is 3. The summed E-state index contributed by atoms with van der Waals surface area (Å²) in [6, 6.07) is -0.706. The number of hydrogen-bond donors (Lipinski definition) is 4. The van der Waals surface area contributed by atoms with Gasteiger partial charge in [0.25, 0.3) is 0 Å². The number of carboxylic acid groups (broad SMARTS) is 1. The van der Waals surface area contributed by atoms with Crippen LogP contribution in [0.1, 0.15) is 33.1 Å². The molecule has 2 unspecified atom stereocenters. The van der Waals surface area contributed by atoms with E-state index in [2.05, 4.69) is 10.6 Å². The average molecular weight is 259 g/mol. The van der Waals surface area contributed by atoms with E-state index in [0.717, 1.165) is 0 Å². The molecule has 0 heterocycles. The Labute approximate surface area is 106 Å². The Hall–Kier alpha value is -1.79. The number of carboxylic acids is 1. The Morgan fingerprint density at radius 3 is 2.39 bits per heavy atom. The van der Waals surface area contributed by atoms with E-state index in [1.54, 1.807) is 6.92 Å². The quantitative estimate of drug-likeness (QED) is 0.492. The van der Waals surface area contributed by atoms with Crippen LogP contribution >= 0.6 is 0 Å². The molecule has 0 saturated heterocycles. The lowest BCUT2D eigenvalue weighted by Gasteiger charge is -2.15. The van der Waals surface area contributed by atoms with E-state index in [9.17, 15) is 14.4 Å². The van der Waals surface area contributed by atoms with Gasteiger partial charge >= 0.3 is 12.0 Å². The molecule has 0 radical (unpaired) electrons. The summed E-state index contributed by atoms with van der Waals surface area (Å²) in [5.41, 5.74) is 4.99. The third-order valence-corrected chi connectivity index (χ3v) is 2.35. The Morgan fingerprint density at radius 2 is 1.89 bits per heavy atom. The predicted octanol–water partition coefficient (Wildman–Crippen LogP) is 0.0504. The highest BCUT2D eigenvalue weighted by Crippen LogP contribution is 2.03. The van der Waals surface area contributed by atoms with E-state index in [4.69, 9.17) is 10.8 Å². The molecule has 0 spiro atoms. The minimum absolute atomic E-state index is 0.0818. The second-order valence-electron chi connectivity index (χ2n) is 4.46. The van der Waals surface area contributed by atoms with Crippen molar-refractivity contribution in [1.29, 1.82) is 0 Å². The van der Waals surface area contributed by atoms with Crippen LogP contribution in [0, 0.1) is 5.92 Å². The van der Waals surface area contributed by atoms with Gasteiger partial charge in [-0.25, -0.2) is 4.79 Å². The minimum Gasteiger partial charge on any atom is -0.481 e. The van der Waals surface area contributed by atoms with E-state index in [-0.39, 0.29) is 30.8 Å². The molecular formula is C11H21N3O4. The second-order valence-corrected chi connectivity index (χ2v) is 4.46. The Bertz CT molecular complexity index is 307. The molecule has 0 aliphatic rings. The molecule has 2 atom stereocenters. The highest BCUT2D eigenvalue weighted by Gasteiger charge is 2.11. The van der Waals surface area contributed by atoms with Gasteiger partial charge in [-0.2, -0.15) is 0 Å².